The molecule has 0 saturated carbocycles. The molecule has 138 valence electrons. The Morgan fingerprint density at radius 2 is 2.19 bits per heavy atom. The molecule has 0 aliphatic carbocycles. The van der Waals surface area contributed by atoms with Crippen molar-refractivity contribution in [3.8, 4) is 17.0 Å². The molecule has 0 saturated heterocycles. The molecule has 0 atom stereocenters. The van der Waals surface area contributed by atoms with Gasteiger partial charge < -0.3 is 15.7 Å². The minimum Gasteiger partial charge on any atom is -0.507 e. The van der Waals surface area contributed by atoms with Crippen LogP contribution in [0.2, 0.25) is 0 Å². The zero-order chi connectivity index (χ0) is 18.8. The van der Waals surface area contributed by atoms with Crippen LogP contribution >= 0.6 is 0 Å². The summed E-state index contributed by atoms with van der Waals surface area (Å²) >= 11 is 0. The maximum absolute atomic E-state index is 12.5. The molecule has 27 heavy (non-hydrogen) atoms. The number of phenolic OH excluding ortho intramolecular Hbond substituents is 1. The number of aromatic amines is 1. The van der Waals surface area contributed by atoms with Gasteiger partial charge in [-0.1, -0.05) is 12.1 Å². The van der Waals surface area contributed by atoms with E-state index < -0.39 is 0 Å². The number of hydrogen-bond donors (Lipinski definition) is 4. The topological polar surface area (TPSA) is 103 Å². The number of hydrogen-bond acceptors (Lipinski definition) is 5. The number of benzene rings is 1. The summed E-state index contributed by atoms with van der Waals surface area (Å²) in [6.07, 6.45) is 2.85. The first-order valence-electron chi connectivity index (χ1n) is 8.92. The smallest absolute Gasteiger partial charge is 0.269 e. The lowest BCUT2D eigenvalue weighted by molar-refractivity contribution is 0.0945. The number of H-pyrrole nitrogens is 1. The number of rotatable bonds is 4. The van der Waals surface area contributed by atoms with Crippen molar-refractivity contribution in [1.82, 2.24) is 25.8 Å². The third-order valence-electron chi connectivity index (χ3n) is 4.90. The van der Waals surface area contributed by atoms with E-state index >= 15 is 0 Å². The maximum Gasteiger partial charge on any atom is 0.269 e. The summed E-state index contributed by atoms with van der Waals surface area (Å²) in [7, 11) is 0. The Bertz CT molecular complexity index is 996. The lowest BCUT2D eigenvalue weighted by Crippen LogP contribution is -2.29. The highest BCUT2D eigenvalue weighted by Gasteiger charge is 2.18. The summed E-state index contributed by atoms with van der Waals surface area (Å²) in [5, 5.41) is 23.1. The predicted molar refractivity (Wildman–Crippen MR) is 101 cm³/mol. The molecule has 2 aromatic heterocycles. The van der Waals surface area contributed by atoms with Gasteiger partial charge in [-0.15, -0.1) is 0 Å². The van der Waals surface area contributed by atoms with Crippen LogP contribution in [0.5, 0.6) is 5.75 Å². The normalized spacial score (nSPS) is 13.2. The van der Waals surface area contributed by atoms with E-state index in [2.05, 4.69) is 25.8 Å². The minimum absolute atomic E-state index is 0.127. The van der Waals surface area contributed by atoms with Gasteiger partial charge in [-0.3, -0.25) is 14.9 Å². The number of carbonyl (C=O) groups excluding carboxylic acids is 1. The molecule has 0 radical (unpaired) electrons. The van der Waals surface area contributed by atoms with E-state index in [1.165, 1.54) is 11.1 Å². The fraction of sp³-hybridized carbons (Fsp3) is 0.250. The van der Waals surface area contributed by atoms with Crippen molar-refractivity contribution < 1.29 is 9.90 Å². The largest absolute Gasteiger partial charge is 0.507 e. The summed E-state index contributed by atoms with van der Waals surface area (Å²) in [5.41, 5.74) is 5.96. The lowest BCUT2D eigenvalue weighted by Gasteiger charge is -2.21. The van der Waals surface area contributed by atoms with Crippen LogP contribution < -0.4 is 10.6 Å². The number of aromatic nitrogens is 3. The van der Waals surface area contributed by atoms with Gasteiger partial charge in [0.05, 0.1) is 5.69 Å². The number of phenols is 1. The quantitative estimate of drug-likeness (QED) is 0.568. The Balaban J connectivity index is 1.51. The first-order chi connectivity index (χ1) is 13.1. The molecule has 4 N–H and O–H groups in total. The van der Waals surface area contributed by atoms with Crippen LogP contribution in [0, 0.1) is 6.92 Å². The van der Waals surface area contributed by atoms with Crippen molar-refractivity contribution in [2.45, 2.75) is 26.4 Å². The van der Waals surface area contributed by atoms with Crippen molar-refractivity contribution in [1.29, 1.82) is 0 Å². The van der Waals surface area contributed by atoms with Crippen molar-refractivity contribution in [3.63, 3.8) is 0 Å². The first kappa shape index (κ1) is 17.2. The van der Waals surface area contributed by atoms with Gasteiger partial charge in [0.15, 0.2) is 0 Å². The van der Waals surface area contributed by atoms with E-state index in [4.69, 9.17) is 0 Å². The molecule has 0 spiro atoms. The van der Waals surface area contributed by atoms with Crippen LogP contribution in [0.15, 0.2) is 36.5 Å². The van der Waals surface area contributed by atoms with Crippen LogP contribution in [-0.2, 0) is 19.5 Å². The molecule has 1 amide bonds. The van der Waals surface area contributed by atoms with Gasteiger partial charge >= 0.3 is 0 Å². The maximum atomic E-state index is 12.5. The Labute approximate surface area is 156 Å². The molecule has 3 aromatic rings. The number of aryl methyl sites for hydroxylation is 1. The average Bonchev–Trinajstić information content (AvgIpc) is 3.17. The number of aromatic hydroxyl groups is 1. The van der Waals surface area contributed by atoms with Gasteiger partial charge in [-0.05, 0) is 54.8 Å². The molecule has 4 rings (SSSR count). The Hall–Kier alpha value is -3.19. The van der Waals surface area contributed by atoms with Crippen LogP contribution in [-0.4, -0.2) is 32.7 Å². The van der Waals surface area contributed by atoms with E-state index in [-0.39, 0.29) is 11.7 Å². The van der Waals surface area contributed by atoms with Crippen molar-refractivity contribution in [2.24, 2.45) is 0 Å². The van der Waals surface area contributed by atoms with Gasteiger partial charge in [0.25, 0.3) is 5.91 Å². The molecule has 1 aliphatic heterocycles. The molecule has 1 aromatic carbocycles. The van der Waals surface area contributed by atoms with Crippen LogP contribution in [0.4, 0.5) is 0 Å². The number of nitrogens with zero attached hydrogens (tertiary/aromatic N) is 2. The zero-order valence-electron chi connectivity index (χ0n) is 15.0. The highest BCUT2D eigenvalue weighted by Crippen LogP contribution is 2.27. The van der Waals surface area contributed by atoms with Gasteiger partial charge in [0, 0.05) is 30.5 Å². The van der Waals surface area contributed by atoms with Gasteiger partial charge in [-0.25, -0.2) is 0 Å². The number of carbonyl (C=O) groups is 1. The first-order valence-corrected chi connectivity index (χ1v) is 8.92. The highest BCUT2D eigenvalue weighted by atomic mass is 16.3. The van der Waals surface area contributed by atoms with Gasteiger partial charge in [-0.2, -0.15) is 5.10 Å². The molecule has 0 fully saturated rings. The van der Waals surface area contributed by atoms with Crippen LogP contribution in [0.3, 0.4) is 0 Å². The summed E-state index contributed by atoms with van der Waals surface area (Å²) < 4.78 is 0. The van der Waals surface area contributed by atoms with E-state index in [1.54, 1.807) is 24.3 Å². The number of para-hydroxylation sites is 1. The highest BCUT2D eigenvalue weighted by molar-refractivity contribution is 5.93. The molecule has 0 bridgehead atoms. The van der Waals surface area contributed by atoms with Crippen molar-refractivity contribution in [2.75, 3.05) is 6.54 Å². The molecule has 3 heterocycles. The molecular weight excluding hydrogens is 342 g/mol. The Morgan fingerprint density at radius 3 is 3.04 bits per heavy atom. The number of fused-ring (bicyclic) bond motifs is 1. The molecule has 1 aliphatic rings. The minimum atomic E-state index is -0.241. The molecule has 7 nitrogen and oxygen atoms in total. The van der Waals surface area contributed by atoms with Crippen molar-refractivity contribution in [3.05, 3.63) is 64.6 Å². The standard InChI is InChI=1S/C20H21N5O2/c1-12-16(14-6-7-21-9-13(14)10-22-12)11-23-20(27)18-8-17(24-25-18)15-4-2-3-5-19(15)26/h2-5,8,10,21,26H,6-7,9,11H2,1H3,(H,23,27)(H,24,25). The van der Waals surface area contributed by atoms with E-state index in [9.17, 15) is 9.90 Å². The third kappa shape index (κ3) is 3.41. The second kappa shape index (κ2) is 7.20. The summed E-state index contributed by atoms with van der Waals surface area (Å²) in [6, 6.07) is 8.54. The van der Waals surface area contributed by atoms with Crippen LogP contribution in [0.1, 0.15) is 32.9 Å². The van der Waals surface area contributed by atoms with E-state index in [1.807, 2.05) is 19.2 Å². The summed E-state index contributed by atoms with van der Waals surface area (Å²) in [6.45, 7) is 4.14. The van der Waals surface area contributed by atoms with E-state index in [0.29, 0.717) is 23.5 Å². The molecule has 7 heteroatoms. The summed E-state index contributed by atoms with van der Waals surface area (Å²) in [5.74, 6) is -0.114. The predicted octanol–water partition coefficient (Wildman–Crippen LogP) is 2.06. The second-order valence-electron chi connectivity index (χ2n) is 6.62. The fourth-order valence-electron chi connectivity index (χ4n) is 3.41. The van der Waals surface area contributed by atoms with E-state index in [0.717, 1.165) is 30.8 Å². The SMILES string of the molecule is Cc1ncc2c(c1CNC(=O)c1cc(-c3ccccc3O)n[nH]1)CCNC2. The summed E-state index contributed by atoms with van der Waals surface area (Å²) in [4.78, 5) is 17.0. The fourth-order valence-corrected chi connectivity index (χ4v) is 3.41. The number of amides is 1. The zero-order valence-corrected chi connectivity index (χ0v) is 15.0. The van der Waals surface area contributed by atoms with Gasteiger partial charge in [0.1, 0.15) is 11.4 Å². The lowest BCUT2D eigenvalue weighted by atomic mass is 9.96. The van der Waals surface area contributed by atoms with Crippen molar-refractivity contribution >= 4 is 5.91 Å². The molecular formula is C20H21N5O2. The number of pyridine rings is 1. The number of nitrogens with one attached hydrogen (secondary N) is 3. The average molecular weight is 363 g/mol. The molecule has 0 unspecified atom stereocenters. The van der Waals surface area contributed by atoms with Gasteiger partial charge in [0.2, 0.25) is 0 Å². The Kier molecular flexibility index (Phi) is 4.60. The Morgan fingerprint density at radius 1 is 1.33 bits per heavy atom. The second-order valence-corrected chi connectivity index (χ2v) is 6.62. The third-order valence-corrected chi connectivity index (χ3v) is 4.90. The van der Waals surface area contributed by atoms with Crippen LogP contribution in [0.25, 0.3) is 11.3 Å². The monoisotopic (exact) mass is 363 g/mol.